The Morgan fingerprint density at radius 2 is 2.04 bits per heavy atom. The number of H-pyrrole nitrogens is 1. The number of aromatic nitrogens is 2. The lowest BCUT2D eigenvalue weighted by atomic mass is 9.82. The lowest BCUT2D eigenvalue weighted by molar-refractivity contribution is -0.123. The molecule has 1 saturated heterocycles. The van der Waals surface area contributed by atoms with E-state index in [9.17, 15) is 20.1 Å². The molecule has 0 aromatic carbocycles. The molecule has 1 aliphatic carbocycles. The van der Waals surface area contributed by atoms with E-state index in [0.717, 1.165) is 12.8 Å². The summed E-state index contributed by atoms with van der Waals surface area (Å²) in [6.45, 7) is 0. The molecule has 5 atom stereocenters. The second-order valence-corrected chi connectivity index (χ2v) is 6.33. The minimum atomic E-state index is -1.43. The van der Waals surface area contributed by atoms with Crippen LogP contribution in [0, 0.1) is 0 Å². The fraction of sp³-hybridized carbons (Fsp3) is 0.714. The van der Waals surface area contributed by atoms with Crippen molar-refractivity contribution >= 4 is 5.91 Å². The minimum absolute atomic E-state index is 0.266. The second-order valence-electron chi connectivity index (χ2n) is 6.33. The standard InChI is InChI=1S/C14H22N4O5/c15-11(21)9-7(19)8(20)10(23-9)12-17-5-6(18-12)14(13(16)22)3-1-2-4-14/h5,7-11,19-21H,1-4,15H2,(H2,16,22)(H,17,18)/t7-,8+,9-,10+,11?/m0/s1. The zero-order valence-electron chi connectivity index (χ0n) is 12.6. The Morgan fingerprint density at radius 3 is 2.57 bits per heavy atom. The van der Waals surface area contributed by atoms with Crippen molar-refractivity contribution in [3.8, 4) is 0 Å². The van der Waals surface area contributed by atoms with E-state index in [0.29, 0.717) is 18.5 Å². The maximum atomic E-state index is 11.9. The molecule has 9 heteroatoms. The minimum Gasteiger partial charge on any atom is -0.387 e. The first kappa shape index (κ1) is 16.3. The molecule has 1 aromatic heterocycles. The quantitative estimate of drug-likeness (QED) is 0.353. The van der Waals surface area contributed by atoms with Crippen molar-refractivity contribution in [1.29, 1.82) is 0 Å². The molecular formula is C14H22N4O5. The molecule has 0 spiro atoms. The largest absolute Gasteiger partial charge is 0.387 e. The van der Waals surface area contributed by atoms with Gasteiger partial charge in [-0.1, -0.05) is 12.8 Å². The van der Waals surface area contributed by atoms with Crippen LogP contribution in [0.15, 0.2) is 6.20 Å². The van der Waals surface area contributed by atoms with E-state index in [1.165, 1.54) is 6.20 Å². The maximum Gasteiger partial charge on any atom is 0.229 e. The fourth-order valence-electron chi connectivity index (χ4n) is 3.56. The molecule has 2 fully saturated rings. The van der Waals surface area contributed by atoms with E-state index in [1.54, 1.807) is 0 Å². The predicted molar refractivity (Wildman–Crippen MR) is 77.7 cm³/mol. The fourth-order valence-corrected chi connectivity index (χ4v) is 3.56. The summed E-state index contributed by atoms with van der Waals surface area (Å²) in [5.74, 6) is -0.143. The highest BCUT2D eigenvalue weighted by molar-refractivity contribution is 5.86. The Labute approximate surface area is 132 Å². The monoisotopic (exact) mass is 326 g/mol. The van der Waals surface area contributed by atoms with Crippen LogP contribution in [0.3, 0.4) is 0 Å². The summed E-state index contributed by atoms with van der Waals surface area (Å²) in [5.41, 5.74) is 10.7. The van der Waals surface area contributed by atoms with Crippen molar-refractivity contribution < 1.29 is 24.9 Å². The van der Waals surface area contributed by atoms with Crippen molar-refractivity contribution in [1.82, 2.24) is 9.97 Å². The predicted octanol–water partition coefficient (Wildman–Crippen LogP) is -1.85. The van der Waals surface area contributed by atoms with E-state index in [1.807, 2.05) is 0 Å². The number of ether oxygens (including phenoxy) is 1. The highest BCUT2D eigenvalue weighted by Crippen LogP contribution is 2.41. The Kier molecular flexibility index (Phi) is 4.15. The van der Waals surface area contributed by atoms with Gasteiger partial charge in [0.25, 0.3) is 0 Å². The first-order valence-electron chi connectivity index (χ1n) is 7.67. The topological polar surface area (TPSA) is 168 Å². The number of carbonyl (C=O) groups excluding carboxylic acids is 1. The third kappa shape index (κ3) is 2.54. The molecule has 0 radical (unpaired) electrons. The Bertz CT molecular complexity index is 583. The number of carbonyl (C=O) groups is 1. The van der Waals surface area contributed by atoms with Gasteiger partial charge in [-0.25, -0.2) is 4.98 Å². The number of nitrogens with zero attached hydrogens (tertiary/aromatic N) is 1. The van der Waals surface area contributed by atoms with Crippen LogP contribution < -0.4 is 11.5 Å². The van der Waals surface area contributed by atoms with Gasteiger partial charge in [-0.3, -0.25) is 4.79 Å². The number of aliphatic hydroxyl groups is 3. The van der Waals surface area contributed by atoms with Gasteiger partial charge in [-0.05, 0) is 12.8 Å². The van der Waals surface area contributed by atoms with Gasteiger partial charge in [0, 0.05) is 6.20 Å². The van der Waals surface area contributed by atoms with Crippen LogP contribution in [0.4, 0.5) is 0 Å². The molecule has 3 rings (SSSR count). The first-order valence-corrected chi connectivity index (χ1v) is 7.67. The maximum absolute atomic E-state index is 11.9. The number of hydrogen-bond donors (Lipinski definition) is 6. The number of nitrogens with two attached hydrogens (primary N) is 2. The number of primary amides is 1. The average molecular weight is 326 g/mol. The van der Waals surface area contributed by atoms with Crippen LogP contribution >= 0.6 is 0 Å². The summed E-state index contributed by atoms with van der Waals surface area (Å²) in [4.78, 5) is 19.1. The Hall–Kier alpha value is -1.52. The van der Waals surface area contributed by atoms with Gasteiger partial charge in [0.15, 0.2) is 0 Å². The molecule has 0 bridgehead atoms. The van der Waals surface area contributed by atoms with E-state index in [-0.39, 0.29) is 5.82 Å². The van der Waals surface area contributed by atoms with Crippen LogP contribution in [0.5, 0.6) is 0 Å². The van der Waals surface area contributed by atoms with Crippen LogP contribution in [0.2, 0.25) is 0 Å². The van der Waals surface area contributed by atoms with Crippen LogP contribution in [-0.2, 0) is 14.9 Å². The molecule has 1 aromatic rings. The van der Waals surface area contributed by atoms with E-state index in [4.69, 9.17) is 16.2 Å². The van der Waals surface area contributed by atoms with Gasteiger partial charge >= 0.3 is 0 Å². The highest BCUT2D eigenvalue weighted by atomic mass is 16.6. The van der Waals surface area contributed by atoms with Gasteiger partial charge < -0.3 is 36.5 Å². The van der Waals surface area contributed by atoms with Crippen molar-refractivity contribution in [2.24, 2.45) is 11.5 Å². The van der Waals surface area contributed by atoms with E-state index < -0.39 is 42.0 Å². The molecular weight excluding hydrogens is 304 g/mol. The van der Waals surface area contributed by atoms with Gasteiger partial charge in [0.1, 0.15) is 36.5 Å². The van der Waals surface area contributed by atoms with Crippen molar-refractivity contribution in [3.05, 3.63) is 17.7 Å². The van der Waals surface area contributed by atoms with Gasteiger partial charge in [-0.2, -0.15) is 0 Å². The number of aromatic amines is 1. The van der Waals surface area contributed by atoms with Gasteiger partial charge in [0.05, 0.1) is 11.1 Å². The molecule has 23 heavy (non-hydrogen) atoms. The lowest BCUT2D eigenvalue weighted by Crippen LogP contribution is -2.43. The first-order chi connectivity index (χ1) is 10.9. The smallest absolute Gasteiger partial charge is 0.229 e. The Morgan fingerprint density at radius 1 is 1.39 bits per heavy atom. The highest BCUT2D eigenvalue weighted by Gasteiger charge is 2.48. The third-order valence-corrected chi connectivity index (χ3v) is 4.95. The Balaban J connectivity index is 1.86. The zero-order valence-corrected chi connectivity index (χ0v) is 12.6. The second kappa shape index (κ2) is 5.84. The van der Waals surface area contributed by atoms with Gasteiger partial charge in [-0.15, -0.1) is 0 Å². The zero-order chi connectivity index (χ0) is 16.8. The number of rotatable bonds is 4. The van der Waals surface area contributed by atoms with Crippen LogP contribution in [0.1, 0.15) is 43.3 Å². The van der Waals surface area contributed by atoms with Gasteiger partial charge in [0.2, 0.25) is 5.91 Å². The van der Waals surface area contributed by atoms with Crippen LogP contribution in [0.25, 0.3) is 0 Å². The summed E-state index contributed by atoms with van der Waals surface area (Å²) in [6.07, 6.45) is -1.51. The van der Waals surface area contributed by atoms with E-state index in [2.05, 4.69) is 9.97 Å². The molecule has 8 N–H and O–H groups in total. The number of aliphatic hydroxyl groups excluding tert-OH is 3. The third-order valence-electron chi connectivity index (χ3n) is 4.95. The summed E-state index contributed by atoms with van der Waals surface area (Å²) in [6, 6.07) is 0. The molecule has 1 unspecified atom stereocenters. The summed E-state index contributed by atoms with van der Waals surface area (Å²) >= 11 is 0. The van der Waals surface area contributed by atoms with Crippen LogP contribution in [-0.4, -0.2) is 55.7 Å². The molecule has 1 saturated carbocycles. The number of hydrogen-bond acceptors (Lipinski definition) is 7. The summed E-state index contributed by atoms with van der Waals surface area (Å²) < 4.78 is 5.42. The summed E-state index contributed by atoms with van der Waals surface area (Å²) in [5, 5.41) is 29.4. The number of amides is 1. The molecule has 1 aliphatic heterocycles. The molecule has 1 amide bonds. The lowest BCUT2D eigenvalue weighted by Gasteiger charge is -2.23. The molecule has 2 heterocycles. The normalized spacial score (nSPS) is 34.6. The van der Waals surface area contributed by atoms with Crippen molar-refractivity contribution in [3.63, 3.8) is 0 Å². The molecule has 2 aliphatic rings. The number of nitrogens with one attached hydrogen (secondary N) is 1. The van der Waals surface area contributed by atoms with E-state index >= 15 is 0 Å². The molecule has 9 nitrogen and oxygen atoms in total. The van der Waals surface area contributed by atoms with Crippen molar-refractivity contribution in [2.45, 2.75) is 61.7 Å². The van der Waals surface area contributed by atoms with Crippen molar-refractivity contribution in [2.75, 3.05) is 0 Å². The average Bonchev–Trinajstić information content (AvgIpc) is 3.19. The molecule has 128 valence electrons. The summed E-state index contributed by atoms with van der Waals surface area (Å²) in [7, 11) is 0. The SMILES string of the molecule is NC(=O)C1(c2cnc([C@@H]3O[C@H](C(N)O)[C@@H](O)[C@H]3O)[nH]2)CCCC1. The number of imidazole rings is 1.